The molecule has 0 aromatic heterocycles. The van der Waals surface area contributed by atoms with Crippen LogP contribution in [0.25, 0.3) is 0 Å². The molecule has 0 saturated carbocycles. The molecule has 0 heterocycles. The first kappa shape index (κ1) is 14.0. The van der Waals surface area contributed by atoms with Crippen LogP contribution in [0.1, 0.15) is 17.3 Å². The maximum absolute atomic E-state index is 11.8. The first-order valence-electron chi connectivity index (χ1n) is 5.36. The highest BCUT2D eigenvalue weighted by atomic mass is 79.9. The number of anilines is 1. The second-order valence-electron chi connectivity index (χ2n) is 4.04. The van der Waals surface area contributed by atoms with E-state index >= 15 is 0 Å². The number of ether oxygens (including phenoxy) is 1. The highest BCUT2D eigenvalue weighted by Crippen LogP contribution is 2.17. The molecule has 0 aliphatic heterocycles. The van der Waals surface area contributed by atoms with Crippen molar-refractivity contribution in [2.45, 2.75) is 6.92 Å². The van der Waals surface area contributed by atoms with Crippen LogP contribution in [0.4, 0.5) is 5.69 Å². The topological polar surface area (TPSA) is 64.3 Å². The SMILES string of the molecule is COCC(C)CNC(=O)c1cc(N)cc(Br)c1. The Bertz CT molecular complexity index is 376. The van der Waals surface area contributed by atoms with Crippen LogP contribution < -0.4 is 11.1 Å². The average molecular weight is 301 g/mol. The Balaban J connectivity index is 2.58. The maximum atomic E-state index is 11.8. The summed E-state index contributed by atoms with van der Waals surface area (Å²) in [6.45, 7) is 3.22. The Hall–Kier alpha value is -1.07. The molecule has 3 N–H and O–H groups in total. The molecule has 0 aliphatic rings. The second kappa shape index (κ2) is 6.61. The van der Waals surface area contributed by atoms with Gasteiger partial charge in [0.2, 0.25) is 0 Å². The molecule has 0 spiro atoms. The maximum Gasteiger partial charge on any atom is 0.251 e. The van der Waals surface area contributed by atoms with E-state index < -0.39 is 0 Å². The number of benzene rings is 1. The zero-order valence-electron chi connectivity index (χ0n) is 10.00. The quantitative estimate of drug-likeness (QED) is 0.818. The molecule has 1 rings (SSSR count). The van der Waals surface area contributed by atoms with Gasteiger partial charge in [-0.15, -0.1) is 0 Å². The number of carbonyl (C=O) groups excluding carboxylic acids is 1. The molecule has 1 aromatic rings. The van der Waals surface area contributed by atoms with Crippen molar-refractivity contribution in [2.24, 2.45) is 5.92 Å². The lowest BCUT2D eigenvalue weighted by molar-refractivity contribution is 0.0934. The Morgan fingerprint density at radius 1 is 1.53 bits per heavy atom. The normalized spacial score (nSPS) is 12.2. The summed E-state index contributed by atoms with van der Waals surface area (Å²) in [5.74, 6) is 0.161. The predicted molar refractivity (Wildman–Crippen MR) is 71.9 cm³/mol. The van der Waals surface area contributed by atoms with E-state index in [2.05, 4.69) is 21.2 Å². The standard InChI is InChI=1S/C12H17BrN2O2/c1-8(7-17-2)6-15-12(16)9-3-10(13)5-11(14)4-9/h3-5,8H,6-7,14H2,1-2H3,(H,15,16). The van der Waals surface area contributed by atoms with Crippen molar-refractivity contribution in [3.63, 3.8) is 0 Å². The van der Waals surface area contributed by atoms with Gasteiger partial charge in [-0.1, -0.05) is 22.9 Å². The Labute approximate surface area is 110 Å². The Kier molecular flexibility index (Phi) is 5.44. The summed E-state index contributed by atoms with van der Waals surface area (Å²) in [7, 11) is 1.65. The average Bonchev–Trinajstić information content (AvgIpc) is 2.25. The van der Waals surface area contributed by atoms with Crippen LogP contribution in [-0.2, 0) is 4.74 Å². The van der Waals surface area contributed by atoms with Gasteiger partial charge in [0.15, 0.2) is 0 Å². The molecule has 0 fully saturated rings. The monoisotopic (exact) mass is 300 g/mol. The van der Waals surface area contributed by atoms with Crippen molar-refractivity contribution in [1.29, 1.82) is 0 Å². The van der Waals surface area contributed by atoms with Crippen molar-refractivity contribution in [3.8, 4) is 0 Å². The molecular weight excluding hydrogens is 284 g/mol. The first-order chi connectivity index (χ1) is 8.02. The number of amides is 1. The number of nitrogen functional groups attached to an aromatic ring is 1. The predicted octanol–water partition coefficient (Wildman–Crippen LogP) is 2.04. The molecule has 17 heavy (non-hydrogen) atoms. The van der Waals surface area contributed by atoms with Crippen molar-refractivity contribution >= 4 is 27.5 Å². The molecule has 94 valence electrons. The number of nitrogens with one attached hydrogen (secondary N) is 1. The molecule has 1 atom stereocenters. The van der Waals surface area contributed by atoms with Crippen LogP contribution in [0.2, 0.25) is 0 Å². The van der Waals surface area contributed by atoms with Gasteiger partial charge in [0.25, 0.3) is 5.91 Å². The van der Waals surface area contributed by atoms with Gasteiger partial charge in [-0.3, -0.25) is 4.79 Å². The van der Waals surface area contributed by atoms with Gasteiger partial charge < -0.3 is 15.8 Å². The summed E-state index contributed by atoms with van der Waals surface area (Å²) in [5, 5.41) is 2.84. The van der Waals surface area contributed by atoms with Gasteiger partial charge in [0.1, 0.15) is 0 Å². The smallest absolute Gasteiger partial charge is 0.251 e. The van der Waals surface area contributed by atoms with Crippen molar-refractivity contribution in [2.75, 3.05) is 26.0 Å². The summed E-state index contributed by atoms with van der Waals surface area (Å²) in [6.07, 6.45) is 0. The molecule has 1 unspecified atom stereocenters. The fourth-order valence-electron chi connectivity index (χ4n) is 1.46. The number of methoxy groups -OCH3 is 1. The zero-order valence-corrected chi connectivity index (χ0v) is 11.6. The summed E-state index contributed by atoms with van der Waals surface area (Å²) in [4.78, 5) is 11.8. The van der Waals surface area contributed by atoms with Crippen molar-refractivity contribution in [1.82, 2.24) is 5.32 Å². The minimum atomic E-state index is -0.124. The van der Waals surface area contributed by atoms with Gasteiger partial charge in [0.05, 0.1) is 6.61 Å². The van der Waals surface area contributed by atoms with Crippen molar-refractivity contribution < 1.29 is 9.53 Å². The van der Waals surface area contributed by atoms with Crippen LogP contribution in [0.5, 0.6) is 0 Å². The number of hydrogen-bond donors (Lipinski definition) is 2. The number of hydrogen-bond acceptors (Lipinski definition) is 3. The molecule has 0 radical (unpaired) electrons. The third kappa shape index (κ3) is 4.75. The van der Waals surface area contributed by atoms with Crippen LogP contribution in [0.15, 0.2) is 22.7 Å². The van der Waals surface area contributed by atoms with Gasteiger partial charge >= 0.3 is 0 Å². The van der Waals surface area contributed by atoms with E-state index in [-0.39, 0.29) is 11.8 Å². The lowest BCUT2D eigenvalue weighted by atomic mass is 10.1. The summed E-state index contributed by atoms with van der Waals surface area (Å²) < 4.78 is 5.80. The third-order valence-corrected chi connectivity index (χ3v) is 2.70. The van der Waals surface area contributed by atoms with E-state index in [1.54, 1.807) is 25.3 Å². The zero-order chi connectivity index (χ0) is 12.8. The molecule has 0 saturated heterocycles. The lowest BCUT2D eigenvalue weighted by Crippen LogP contribution is -2.29. The van der Waals surface area contributed by atoms with Gasteiger partial charge in [-0.2, -0.15) is 0 Å². The van der Waals surface area contributed by atoms with Crippen LogP contribution >= 0.6 is 15.9 Å². The Morgan fingerprint density at radius 3 is 2.82 bits per heavy atom. The second-order valence-corrected chi connectivity index (χ2v) is 4.96. The van der Waals surface area contributed by atoms with E-state index in [1.165, 1.54) is 0 Å². The van der Waals surface area contributed by atoms with E-state index in [4.69, 9.17) is 10.5 Å². The highest BCUT2D eigenvalue weighted by molar-refractivity contribution is 9.10. The van der Waals surface area contributed by atoms with Crippen LogP contribution in [0, 0.1) is 5.92 Å². The summed E-state index contributed by atoms with van der Waals surface area (Å²) in [5.41, 5.74) is 6.79. The lowest BCUT2D eigenvalue weighted by Gasteiger charge is -2.11. The van der Waals surface area contributed by atoms with E-state index in [1.807, 2.05) is 6.92 Å². The van der Waals surface area contributed by atoms with Crippen molar-refractivity contribution in [3.05, 3.63) is 28.2 Å². The van der Waals surface area contributed by atoms with E-state index in [0.29, 0.717) is 24.4 Å². The molecule has 4 nitrogen and oxygen atoms in total. The summed E-state index contributed by atoms with van der Waals surface area (Å²) in [6, 6.07) is 5.15. The fourth-order valence-corrected chi connectivity index (χ4v) is 1.97. The largest absolute Gasteiger partial charge is 0.399 e. The highest BCUT2D eigenvalue weighted by Gasteiger charge is 2.09. The van der Waals surface area contributed by atoms with Crippen LogP contribution in [0.3, 0.4) is 0 Å². The molecular formula is C12H17BrN2O2. The number of halogens is 1. The van der Waals surface area contributed by atoms with E-state index in [0.717, 1.165) is 4.47 Å². The molecule has 1 amide bonds. The molecule has 0 bridgehead atoms. The van der Waals surface area contributed by atoms with E-state index in [9.17, 15) is 4.79 Å². The van der Waals surface area contributed by atoms with Gasteiger partial charge in [-0.05, 0) is 24.1 Å². The fraction of sp³-hybridized carbons (Fsp3) is 0.417. The number of carbonyl (C=O) groups is 1. The molecule has 1 aromatic carbocycles. The number of nitrogens with two attached hydrogens (primary N) is 1. The first-order valence-corrected chi connectivity index (χ1v) is 6.15. The summed E-state index contributed by atoms with van der Waals surface area (Å²) >= 11 is 3.31. The van der Waals surface area contributed by atoms with Crippen LogP contribution in [-0.4, -0.2) is 26.2 Å². The third-order valence-electron chi connectivity index (χ3n) is 2.24. The molecule has 5 heteroatoms. The van der Waals surface area contributed by atoms with Gasteiger partial charge in [0, 0.05) is 29.4 Å². The Morgan fingerprint density at radius 2 is 2.24 bits per heavy atom. The molecule has 0 aliphatic carbocycles. The minimum Gasteiger partial charge on any atom is -0.399 e. The minimum absolute atomic E-state index is 0.124. The van der Waals surface area contributed by atoms with Gasteiger partial charge in [-0.25, -0.2) is 0 Å². The number of rotatable bonds is 5.